The number of methoxy groups -OCH3 is 1. The molecule has 0 saturated carbocycles. The molecule has 0 atom stereocenters. The first-order valence-electron chi connectivity index (χ1n) is 13.2. The molecule has 1 aromatic carbocycles. The van der Waals surface area contributed by atoms with Crippen LogP contribution in [0.15, 0.2) is 53.4 Å². The van der Waals surface area contributed by atoms with Gasteiger partial charge in [0.25, 0.3) is 0 Å². The minimum atomic E-state index is -0.134. The Morgan fingerprint density at radius 1 is 1.21 bits per heavy atom. The van der Waals surface area contributed by atoms with Gasteiger partial charge in [-0.15, -0.1) is 0 Å². The van der Waals surface area contributed by atoms with Gasteiger partial charge in [-0.25, -0.2) is 9.79 Å². The van der Waals surface area contributed by atoms with E-state index in [1.165, 1.54) is 6.34 Å². The number of aromatic nitrogens is 2. The van der Waals surface area contributed by atoms with Crippen molar-refractivity contribution in [3.05, 3.63) is 65.3 Å². The number of fused-ring (bicyclic) bond motifs is 2. The minimum absolute atomic E-state index is 0.0772. The fourth-order valence-electron chi connectivity index (χ4n) is 5.60. The van der Waals surface area contributed by atoms with Gasteiger partial charge in [-0.1, -0.05) is 6.58 Å². The standard InChI is InChI=1S/C28H35N7O3/c1-19(27(36)23-17-31-35-11-4-3-5-25(23)35)15-26(30-18-29)33-12-9-21(10-13-33)34-14-8-20-16-22(38-2)6-7-24(20)32-28(34)37/h6-7,15-18,21H,1,3-5,8-14H2,2H3,(H2,29,30)(H,32,37)/b26-15+. The van der Waals surface area contributed by atoms with Crippen LogP contribution in [-0.2, 0) is 19.4 Å². The molecular weight excluding hydrogens is 482 g/mol. The van der Waals surface area contributed by atoms with Crippen molar-refractivity contribution >= 4 is 23.8 Å². The van der Waals surface area contributed by atoms with E-state index >= 15 is 0 Å². The number of nitrogens with one attached hydrogen (secondary N) is 1. The van der Waals surface area contributed by atoms with Gasteiger partial charge in [0.2, 0.25) is 0 Å². The lowest BCUT2D eigenvalue weighted by Crippen LogP contribution is -2.48. The maximum Gasteiger partial charge on any atom is 0.322 e. The van der Waals surface area contributed by atoms with E-state index in [1.807, 2.05) is 27.8 Å². The highest BCUT2D eigenvalue weighted by Crippen LogP contribution is 2.29. The SMILES string of the molecule is C=C(/C=C(\N=CN)N1CCC(N2CCc3cc(OC)ccc3NC2=O)CC1)C(=O)c1cnn2c1CCCC2. The average Bonchev–Trinajstić information content (AvgIpc) is 3.30. The molecule has 5 rings (SSSR count). The zero-order chi connectivity index (χ0) is 26.6. The molecule has 0 aliphatic carbocycles. The Morgan fingerprint density at radius 3 is 2.79 bits per heavy atom. The summed E-state index contributed by atoms with van der Waals surface area (Å²) in [4.78, 5) is 34.6. The third-order valence-electron chi connectivity index (χ3n) is 7.69. The lowest BCUT2D eigenvalue weighted by molar-refractivity contribution is 0.103. The van der Waals surface area contributed by atoms with Crippen LogP contribution in [0.25, 0.3) is 0 Å². The predicted molar refractivity (Wildman–Crippen MR) is 146 cm³/mol. The molecule has 0 spiro atoms. The highest BCUT2D eigenvalue weighted by atomic mass is 16.5. The second kappa shape index (κ2) is 11.1. The van der Waals surface area contributed by atoms with Crippen LogP contribution in [0, 0.1) is 0 Å². The number of ether oxygens (including phenoxy) is 1. The van der Waals surface area contributed by atoms with E-state index in [0.29, 0.717) is 36.6 Å². The average molecular weight is 518 g/mol. The van der Waals surface area contributed by atoms with Crippen LogP contribution in [0.1, 0.15) is 47.3 Å². The van der Waals surface area contributed by atoms with Crippen molar-refractivity contribution < 1.29 is 14.3 Å². The highest BCUT2D eigenvalue weighted by Gasteiger charge is 2.31. The quantitative estimate of drug-likeness (QED) is 0.191. The van der Waals surface area contributed by atoms with Crippen molar-refractivity contribution in [2.45, 2.75) is 51.1 Å². The number of allylic oxidation sites excluding steroid dienone is 2. The summed E-state index contributed by atoms with van der Waals surface area (Å²) in [6.45, 7) is 6.90. The van der Waals surface area contributed by atoms with Gasteiger partial charge in [0.15, 0.2) is 5.78 Å². The summed E-state index contributed by atoms with van der Waals surface area (Å²) in [5, 5.41) is 7.44. The van der Waals surface area contributed by atoms with Crippen molar-refractivity contribution in [1.82, 2.24) is 19.6 Å². The molecule has 3 aliphatic heterocycles. The monoisotopic (exact) mass is 517 g/mol. The van der Waals surface area contributed by atoms with E-state index in [2.05, 4.69) is 26.9 Å². The van der Waals surface area contributed by atoms with Crippen molar-refractivity contribution in [3.63, 3.8) is 0 Å². The number of carbonyl (C=O) groups excluding carboxylic acids is 2. The molecule has 10 nitrogen and oxygen atoms in total. The smallest absolute Gasteiger partial charge is 0.322 e. The summed E-state index contributed by atoms with van der Waals surface area (Å²) in [5.41, 5.74) is 9.52. The maximum atomic E-state index is 13.2. The zero-order valence-corrected chi connectivity index (χ0v) is 21.9. The van der Waals surface area contributed by atoms with E-state index in [0.717, 1.165) is 67.8 Å². The largest absolute Gasteiger partial charge is 0.497 e. The molecule has 0 bridgehead atoms. The number of carbonyl (C=O) groups is 2. The third-order valence-corrected chi connectivity index (χ3v) is 7.69. The van der Waals surface area contributed by atoms with E-state index < -0.39 is 0 Å². The van der Waals surface area contributed by atoms with E-state index in [-0.39, 0.29) is 17.9 Å². The summed E-state index contributed by atoms with van der Waals surface area (Å²) in [6, 6.07) is 5.77. The first-order chi connectivity index (χ1) is 18.5. The normalized spacial score (nSPS) is 18.6. The molecule has 38 heavy (non-hydrogen) atoms. The van der Waals surface area contributed by atoms with E-state index in [4.69, 9.17) is 10.5 Å². The Bertz CT molecular complexity index is 1290. The first-order valence-corrected chi connectivity index (χ1v) is 13.2. The second-order valence-electron chi connectivity index (χ2n) is 9.94. The highest BCUT2D eigenvalue weighted by molar-refractivity contribution is 6.10. The van der Waals surface area contributed by atoms with Crippen molar-refractivity contribution in [2.24, 2.45) is 10.7 Å². The van der Waals surface area contributed by atoms with Crippen molar-refractivity contribution in [1.29, 1.82) is 0 Å². The molecule has 10 heteroatoms. The number of nitrogens with two attached hydrogens (primary N) is 1. The summed E-state index contributed by atoms with van der Waals surface area (Å²) in [5.74, 6) is 1.25. The molecule has 3 N–H and O–H groups in total. The van der Waals surface area contributed by atoms with Gasteiger partial charge < -0.3 is 25.6 Å². The number of amides is 2. The second-order valence-corrected chi connectivity index (χ2v) is 9.94. The van der Waals surface area contributed by atoms with Gasteiger partial charge in [0, 0.05) is 49.2 Å². The molecule has 200 valence electrons. The molecule has 2 amide bonds. The van der Waals surface area contributed by atoms with Crippen LogP contribution < -0.4 is 15.8 Å². The third kappa shape index (κ3) is 5.16. The number of benzene rings is 1. The zero-order valence-electron chi connectivity index (χ0n) is 21.9. The molecule has 3 aliphatic rings. The maximum absolute atomic E-state index is 13.2. The molecular formula is C28H35N7O3. The van der Waals surface area contributed by atoms with E-state index in [1.54, 1.807) is 19.4 Å². The number of likely N-dealkylation sites (tertiary alicyclic amines) is 1. The fourth-order valence-corrected chi connectivity index (χ4v) is 5.60. The molecule has 1 saturated heterocycles. The number of Topliss-reactive ketones (excluding diaryl/α,β-unsaturated/α-hetero) is 1. The number of urea groups is 1. The van der Waals surface area contributed by atoms with Crippen molar-refractivity contribution in [2.75, 3.05) is 32.1 Å². The molecule has 0 unspecified atom stereocenters. The van der Waals surface area contributed by atoms with Gasteiger partial charge in [-0.3, -0.25) is 9.48 Å². The number of aliphatic imine (C=N–C) groups is 1. The molecule has 1 fully saturated rings. The fraction of sp³-hybridized carbons (Fsp3) is 0.429. The van der Waals surface area contributed by atoms with Gasteiger partial charge in [-0.2, -0.15) is 5.10 Å². The number of piperidine rings is 1. The van der Waals surface area contributed by atoms with Gasteiger partial charge in [-0.05, 0) is 68.4 Å². The van der Waals surface area contributed by atoms with Crippen LogP contribution >= 0.6 is 0 Å². The Hall–Kier alpha value is -4.08. The number of hydrogen-bond donors (Lipinski definition) is 2. The van der Waals surface area contributed by atoms with E-state index in [9.17, 15) is 9.59 Å². The number of ketones is 1. The summed E-state index contributed by atoms with van der Waals surface area (Å²) < 4.78 is 7.27. The van der Waals surface area contributed by atoms with Crippen molar-refractivity contribution in [3.8, 4) is 5.75 Å². The van der Waals surface area contributed by atoms with Gasteiger partial charge >= 0.3 is 6.03 Å². The first kappa shape index (κ1) is 25.6. The summed E-state index contributed by atoms with van der Waals surface area (Å²) >= 11 is 0. The number of aryl methyl sites for hydroxylation is 1. The Morgan fingerprint density at radius 2 is 2.03 bits per heavy atom. The molecule has 4 heterocycles. The molecule has 0 radical (unpaired) electrons. The lowest BCUT2D eigenvalue weighted by Gasteiger charge is -2.38. The Labute approximate surface area is 222 Å². The molecule has 1 aromatic heterocycles. The number of rotatable bonds is 7. The number of nitrogens with zero attached hydrogens (tertiary/aromatic N) is 5. The Kier molecular flexibility index (Phi) is 7.48. The van der Waals surface area contributed by atoms with Gasteiger partial charge in [0.05, 0.1) is 25.2 Å². The summed E-state index contributed by atoms with van der Waals surface area (Å²) in [7, 11) is 1.64. The number of anilines is 1. The summed E-state index contributed by atoms with van der Waals surface area (Å²) in [6.07, 6.45) is 9.91. The van der Waals surface area contributed by atoms with Crippen LogP contribution in [0.5, 0.6) is 5.75 Å². The van der Waals surface area contributed by atoms with Crippen LogP contribution in [0.3, 0.4) is 0 Å². The number of hydrogen-bond acceptors (Lipinski definition) is 6. The van der Waals surface area contributed by atoms with Crippen LogP contribution in [0.4, 0.5) is 10.5 Å². The van der Waals surface area contributed by atoms with Crippen LogP contribution in [0.2, 0.25) is 0 Å². The van der Waals surface area contributed by atoms with Gasteiger partial charge in [0.1, 0.15) is 11.6 Å². The topological polar surface area (TPSA) is 118 Å². The van der Waals surface area contributed by atoms with Crippen LogP contribution in [-0.4, -0.2) is 70.5 Å². The molecule has 2 aromatic rings. The lowest BCUT2D eigenvalue weighted by atomic mass is 9.99. The Balaban J connectivity index is 1.24. The predicted octanol–water partition coefficient (Wildman–Crippen LogP) is 3.35. The minimum Gasteiger partial charge on any atom is -0.497 e.